The van der Waals surface area contributed by atoms with Crippen LogP contribution in [0.15, 0.2) is 42.5 Å². The fraction of sp³-hybridized carbons (Fsp3) is 0.235. The van der Waals surface area contributed by atoms with Gasteiger partial charge in [0.25, 0.3) is 0 Å². The Morgan fingerprint density at radius 2 is 1.91 bits per heavy atom. The zero-order valence-corrected chi connectivity index (χ0v) is 12.2. The van der Waals surface area contributed by atoms with Crippen LogP contribution in [-0.4, -0.2) is 12.6 Å². The Labute approximate surface area is 130 Å². The van der Waals surface area contributed by atoms with Crippen molar-refractivity contribution >= 4 is 5.97 Å². The van der Waals surface area contributed by atoms with E-state index in [1.54, 1.807) is 31.2 Å². The number of benzene rings is 2. The lowest BCUT2D eigenvalue weighted by Gasteiger charge is -2.27. The number of alkyl halides is 3. The molecule has 120 valence electrons. The van der Waals surface area contributed by atoms with E-state index < -0.39 is 23.8 Å². The van der Waals surface area contributed by atoms with Crippen molar-refractivity contribution in [2.75, 3.05) is 6.61 Å². The molecule has 0 saturated heterocycles. The molecule has 0 amide bonds. The van der Waals surface area contributed by atoms with Gasteiger partial charge in [-0.3, -0.25) is 0 Å². The molecule has 6 heteroatoms. The maximum atomic E-state index is 12.9. The highest BCUT2D eigenvalue weighted by atomic mass is 19.4. The lowest BCUT2D eigenvalue weighted by atomic mass is 9.91. The SMILES string of the molecule is CCOC(=O)C1Oc2ccc(C(F)(F)F)cc2-c2ccccc21. The molecule has 1 unspecified atom stereocenters. The molecule has 3 nitrogen and oxygen atoms in total. The molecule has 0 N–H and O–H groups in total. The van der Waals surface area contributed by atoms with Gasteiger partial charge in [0.05, 0.1) is 12.2 Å². The second-order valence-electron chi connectivity index (χ2n) is 5.05. The standard InChI is InChI=1S/C17H13F3O3/c1-2-22-16(21)15-12-6-4-3-5-11(12)13-9-10(17(18,19)20)7-8-14(13)23-15/h3-9,15H,2H2,1H3. The van der Waals surface area contributed by atoms with Crippen molar-refractivity contribution < 1.29 is 27.4 Å². The first-order valence-electron chi connectivity index (χ1n) is 7.05. The molecule has 1 atom stereocenters. The molecule has 0 saturated carbocycles. The van der Waals surface area contributed by atoms with E-state index in [1.807, 2.05) is 0 Å². The van der Waals surface area contributed by atoms with Gasteiger partial charge in [0.2, 0.25) is 6.10 Å². The van der Waals surface area contributed by atoms with E-state index in [0.717, 1.165) is 12.1 Å². The number of esters is 1. The zero-order chi connectivity index (χ0) is 16.6. The summed E-state index contributed by atoms with van der Waals surface area (Å²) < 4.78 is 49.4. The molecule has 23 heavy (non-hydrogen) atoms. The summed E-state index contributed by atoms with van der Waals surface area (Å²) in [5.41, 5.74) is 0.593. The number of carbonyl (C=O) groups is 1. The first-order valence-corrected chi connectivity index (χ1v) is 7.05. The predicted molar refractivity (Wildman–Crippen MR) is 76.9 cm³/mol. The van der Waals surface area contributed by atoms with E-state index in [-0.39, 0.29) is 12.4 Å². The van der Waals surface area contributed by atoms with Crippen LogP contribution in [0.2, 0.25) is 0 Å². The van der Waals surface area contributed by atoms with E-state index >= 15 is 0 Å². The molecule has 0 radical (unpaired) electrons. The van der Waals surface area contributed by atoms with Gasteiger partial charge < -0.3 is 9.47 Å². The normalized spacial score (nSPS) is 16.1. The van der Waals surface area contributed by atoms with Crippen molar-refractivity contribution in [2.24, 2.45) is 0 Å². The van der Waals surface area contributed by atoms with Crippen molar-refractivity contribution in [2.45, 2.75) is 19.2 Å². The monoisotopic (exact) mass is 322 g/mol. The Morgan fingerprint density at radius 1 is 1.17 bits per heavy atom. The number of fused-ring (bicyclic) bond motifs is 3. The average Bonchev–Trinajstić information content (AvgIpc) is 2.53. The van der Waals surface area contributed by atoms with Crippen LogP contribution in [0.3, 0.4) is 0 Å². The quantitative estimate of drug-likeness (QED) is 0.770. The van der Waals surface area contributed by atoms with E-state index in [2.05, 4.69) is 0 Å². The van der Waals surface area contributed by atoms with Crippen LogP contribution in [0, 0.1) is 0 Å². The molecular weight excluding hydrogens is 309 g/mol. The van der Waals surface area contributed by atoms with Crippen LogP contribution < -0.4 is 4.74 Å². The minimum absolute atomic E-state index is 0.195. The van der Waals surface area contributed by atoms with Crippen LogP contribution in [-0.2, 0) is 15.7 Å². The maximum Gasteiger partial charge on any atom is 0.416 e. The Morgan fingerprint density at radius 3 is 2.61 bits per heavy atom. The highest BCUT2D eigenvalue weighted by Gasteiger charge is 2.35. The summed E-state index contributed by atoms with van der Waals surface area (Å²) in [6.45, 7) is 1.87. The summed E-state index contributed by atoms with van der Waals surface area (Å²) in [5.74, 6) is -0.333. The molecule has 3 rings (SSSR count). The molecule has 0 spiro atoms. The molecule has 1 aliphatic heterocycles. The Kier molecular flexibility index (Phi) is 3.75. The van der Waals surface area contributed by atoms with Crippen molar-refractivity contribution in [1.82, 2.24) is 0 Å². The number of carbonyl (C=O) groups excluding carboxylic acids is 1. The smallest absolute Gasteiger partial charge is 0.416 e. The van der Waals surface area contributed by atoms with Gasteiger partial charge in [-0.15, -0.1) is 0 Å². The number of hydrogen-bond donors (Lipinski definition) is 0. The molecule has 0 aromatic heterocycles. The second-order valence-corrected chi connectivity index (χ2v) is 5.05. The van der Waals surface area contributed by atoms with Gasteiger partial charge in [0, 0.05) is 11.1 Å². The second kappa shape index (κ2) is 5.61. The number of rotatable bonds is 2. The highest BCUT2D eigenvalue weighted by Crippen LogP contribution is 2.45. The maximum absolute atomic E-state index is 12.9. The lowest BCUT2D eigenvalue weighted by Crippen LogP contribution is -2.25. The first kappa shape index (κ1) is 15.4. The first-order chi connectivity index (χ1) is 10.9. The van der Waals surface area contributed by atoms with Crippen LogP contribution in [0.1, 0.15) is 24.2 Å². The van der Waals surface area contributed by atoms with E-state index in [4.69, 9.17) is 9.47 Å². The Bertz CT molecular complexity index is 753. The van der Waals surface area contributed by atoms with Gasteiger partial charge in [0.15, 0.2) is 0 Å². The molecular formula is C17H13F3O3. The summed E-state index contributed by atoms with van der Waals surface area (Å²) in [7, 11) is 0. The number of halogens is 3. The molecule has 0 fully saturated rings. The van der Waals surface area contributed by atoms with E-state index in [9.17, 15) is 18.0 Å². The minimum atomic E-state index is -4.44. The largest absolute Gasteiger partial charge is 0.473 e. The zero-order valence-electron chi connectivity index (χ0n) is 12.2. The van der Waals surface area contributed by atoms with Gasteiger partial charge in [0.1, 0.15) is 5.75 Å². The van der Waals surface area contributed by atoms with Crippen molar-refractivity contribution in [1.29, 1.82) is 0 Å². The van der Waals surface area contributed by atoms with Gasteiger partial charge in [-0.1, -0.05) is 24.3 Å². The third-order valence-corrected chi connectivity index (χ3v) is 3.59. The number of hydrogen-bond acceptors (Lipinski definition) is 3. The van der Waals surface area contributed by atoms with E-state index in [1.165, 1.54) is 6.07 Å². The molecule has 0 aliphatic carbocycles. The van der Waals surface area contributed by atoms with Crippen LogP contribution in [0.4, 0.5) is 13.2 Å². The predicted octanol–water partition coefficient (Wildman–Crippen LogP) is 4.37. The third kappa shape index (κ3) is 2.76. The van der Waals surface area contributed by atoms with Gasteiger partial charge in [-0.2, -0.15) is 13.2 Å². The fourth-order valence-corrected chi connectivity index (χ4v) is 2.57. The minimum Gasteiger partial charge on any atom is -0.473 e. The van der Waals surface area contributed by atoms with Crippen molar-refractivity contribution in [3.05, 3.63) is 53.6 Å². The van der Waals surface area contributed by atoms with Gasteiger partial charge >= 0.3 is 12.1 Å². The summed E-state index contributed by atoms with van der Waals surface area (Å²) in [4.78, 5) is 12.1. The fourth-order valence-electron chi connectivity index (χ4n) is 2.57. The van der Waals surface area contributed by atoms with Crippen molar-refractivity contribution in [3.8, 4) is 16.9 Å². The van der Waals surface area contributed by atoms with Crippen LogP contribution in [0.25, 0.3) is 11.1 Å². The summed E-state index contributed by atoms with van der Waals surface area (Å²) >= 11 is 0. The molecule has 1 heterocycles. The lowest BCUT2D eigenvalue weighted by molar-refractivity contribution is -0.152. The van der Waals surface area contributed by atoms with Gasteiger partial charge in [-0.05, 0) is 30.7 Å². The summed E-state index contributed by atoms with van der Waals surface area (Å²) in [6, 6.07) is 9.94. The molecule has 1 aliphatic rings. The Hall–Kier alpha value is -2.50. The van der Waals surface area contributed by atoms with E-state index in [0.29, 0.717) is 16.7 Å². The number of ether oxygens (including phenoxy) is 2. The van der Waals surface area contributed by atoms with Gasteiger partial charge in [-0.25, -0.2) is 4.79 Å². The molecule has 2 aromatic carbocycles. The van der Waals surface area contributed by atoms with Crippen molar-refractivity contribution in [3.63, 3.8) is 0 Å². The Balaban J connectivity index is 2.12. The molecule has 2 aromatic rings. The molecule has 0 bridgehead atoms. The van der Waals surface area contributed by atoms with Crippen LogP contribution >= 0.6 is 0 Å². The third-order valence-electron chi connectivity index (χ3n) is 3.59. The highest BCUT2D eigenvalue weighted by molar-refractivity contribution is 5.85. The van der Waals surface area contributed by atoms with Crippen LogP contribution in [0.5, 0.6) is 5.75 Å². The summed E-state index contributed by atoms with van der Waals surface area (Å²) in [6.07, 6.45) is -5.42. The topological polar surface area (TPSA) is 35.5 Å². The average molecular weight is 322 g/mol. The summed E-state index contributed by atoms with van der Waals surface area (Å²) in [5, 5.41) is 0.